The molecule has 19 heavy (non-hydrogen) atoms. The van der Waals surface area contributed by atoms with Crippen LogP contribution < -0.4 is 5.32 Å². The van der Waals surface area contributed by atoms with E-state index in [9.17, 15) is 9.59 Å². The molecule has 0 aromatic carbocycles. The molecule has 1 aromatic rings. The molecular formula is C13H18N2O3S. The van der Waals surface area contributed by atoms with Gasteiger partial charge in [0, 0.05) is 24.4 Å². The zero-order valence-electron chi connectivity index (χ0n) is 10.7. The summed E-state index contributed by atoms with van der Waals surface area (Å²) in [5.41, 5.74) is 0. The van der Waals surface area contributed by atoms with Crippen molar-refractivity contribution in [3.05, 3.63) is 22.4 Å². The third-order valence-corrected chi connectivity index (χ3v) is 4.14. The zero-order chi connectivity index (χ0) is 13.7. The molecule has 0 spiro atoms. The number of carbonyl (C=O) groups is 2. The molecule has 1 fully saturated rings. The lowest BCUT2D eigenvalue weighted by molar-refractivity contribution is -0.138. The van der Waals surface area contributed by atoms with Crippen LogP contribution in [0.15, 0.2) is 17.5 Å². The van der Waals surface area contributed by atoms with Crippen LogP contribution >= 0.6 is 11.3 Å². The molecule has 0 radical (unpaired) electrons. The summed E-state index contributed by atoms with van der Waals surface area (Å²) in [5, 5.41) is 13.7. The van der Waals surface area contributed by atoms with Crippen molar-refractivity contribution in [1.29, 1.82) is 0 Å². The lowest BCUT2D eigenvalue weighted by Crippen LogP contribution is -2.45. The van der Waals surface area contributed by atoms with Crippen molar-refractivity contribution in [2.45, 2.75) is 25.8 Å². The number of amides is 2. The van der Waals surface area contributed by atoms with Crippen molar-refractivity contribution in [3.8, 4) is 0 Å². The van der Waals surface area contributed by atoms with Crippen LogP contribution in [0, 0.1) is 5.92 Å². The van der Waals surface area contributed by atoms with Gasteiger partial charge < -0.3 is 15.3 Å². The van der Waals surface area contributed by atoms with Gasteiger partial charge in [0.1, 0.15) is 0 Å². The molecule has 2 amide bonds. The highest BCUT2D eigenvalue weighted by atomic mass is 32.1. The summed E-state index contributed by atoms with van der Waals surface area (Å²) in [7, 11) is 0. The summed E-state index contributed by atoms with van der Waals surface area (Å²) in [6.07, 6.45) is 1.92. The van der Waals surface area contributed by atoms with Crippen LogP contribution in [0.5, 0.6) is 0 Å². The van der Waals surface area contributed by atoms with Crippen LogP contribution in [0.2, 0.25) is 0 Å². The normalized spacial score (nSPS) is 19.2. The Morgan fingerprint density at radius 1 is 1.53 bits per heavy atom. The van der Waals surface area contributed by atoms with Gasteiger partial charge in [0.05, 0.1) is 6.54 Å². The average molecular weight is 282 g/mol. The van der Waals surface area contributed by atoms with Crippen molar-refractivity contribution in [3.63, 3.8) is 0 Å². The number of rotatable bonds is 4. The van der Waals surface area contributed by atoms with E-state index in [1.807, 2.05) is 17.5 Å². The molecule has 1 aliphatic heterocycles. The second-order valence-electron chi connectivity index (χ2n) is 4.79. The molecule has 2 rings (SSSR count). The third-order valence-electron chi connectivity index (χ3n) is 3.26. The maximum Gasteiger partial charge on any atom is 0.317 e. The minimum atomic E-state index is -0.786. The van der Waals surface area contributed by atoms with Crippen molar-refractivity contribution in [2.24, 2.45) is 5.92 Å². The van der Waals surface area contributed by atoms with E-state index in [0.717, 1.165) is 17.7 Å². The molecule has 1 atom stereocenters. The second-order valence-corrected chi connectivity index (χ2v) is 5.82. The van der Waals surface area contributed by atoms with Crippen molar-refractivity contribution in [2.75, 3.05) is 13.1 Å². The Balaban J connectivity index is 1.79. The number of hydrogen-bond donors (Lipinski definition) is 2. The second kappa shape index (κ2) is 6.56. The first-order valence-electron chi connectivity index (χ1n) is 6.42. The zero-order valence-corrected chi connectivity index (χ0v) is 11.5. The number of thiophene rings is 1. The van der Waals surface area contributed by atoms with Crippen molar-refractivity contribution < 1.29 is 14.7 Å². The predicted octanol–water partition coefficient (Wildman–Crippen LogP) is 2.14. The first-order chi connectivity index (χ1) is 9.15. The number of urea groups is 1. The number of carboxylic acids is 1. The van der Waals surface area contributed by atoms with Gasteiger partial charge >= 0.3 is 12.0 Å². The summed E-state index contributed by atoms with van der Waals surface area (Å²) in [6, 6.07) is 3.84. The van der Waals surface area contributed by atoms with Crippen LogP contribution in [0.1, 0.15) is 24.1 Å². The largest absolute Gasteiger partial charge is 0.481 e. The van der Waals surface area contributed by atoms with E-state index < -0.39 is 5.97 Å². The van der Waals surface area contributed by atoms with Gasteiger partial charge in [0.2, 0.25) is 0 Å². The molecule has 0 aliphatic carbocycles. The van der Waals surface area contributed by atoms with Gasteiger partial charge in [0.15, 0.2) is 0 Å². The van der Waals surface area contributed by atoms with E-state index in [2.05, 4.69) is 5.32 Å². The SMILES string of the molecule is O=C(O)CC1CCCN(C(=O)NCc2cccs2)C1. The Morgan fingerprint density at radius 2 is 2.37 bits per heavy atom. The quantitative estimate of drug-likeness (QED) is 0.889. The topological polar surface area (TPSA) is 69.6 Å². The summed E-state index contributed by atoms with van der Waals surface area (Å²) < 4.78 is 0. The van der Waals surface area contributed by atoms with Gasteiger partial charge in [0.25, 0.3) is 0 Å². The third kappa shape index (κ3) is 4.24. The van der Waals surface area contributed by atoms with E-state index in [1.165, 1.54) is 0 Å². The molecule has 6 heteroatoms. The summed E-state index contributed by atoms with van der Waals surface area (Å²) in [4.78, 5) is 25.5. The van der Waals surface area contributed by atoms with E-state index in [0.29, 0.717) is 19.6 Å². The maximum absolute atomic E-state index is 12.0. The molecule has 0 bridgehead atoms. The molecule has 2 heterocycles. The highest BCUT2D eigenvalue weighted by Crippen LogP contribution is 2.19. The minimum absolute atomic E-state index is 0.0822. The van der Waals surface area contributed by atoms with E-state index >= 15 is 0 Å². The maximum atomic E-state index is 12.0. The standard InChI is InChI=1S/C13H18N2O3S/c16-12(17)7-10-3-1-5-15(9-10)13(18)14-8-11-4-2-6-19-11/h2,4,6,10H,1,3,5,7-9H2,(H,14,18)(H,16,17). The summed E-state index contributed by atoms with van der Waals surface area (Å²) >= 11 is 1.61. The molecule has 2 N–H and O–H groups in total. The number of nitrogens with one attached hydrogen (secondary N) is 1. The summed E-state index contributed by atoms with van der Waals surface area (Å²) in [5.74, 6) is -0.704. The van der Waals surface area contributed by atoms with Crippen LogP contribution in [-0.4, -0.2) is 35.1 Å². The molecule has 1 aliphatic rings. The van der Waals surface area contributed by atoms with Crippen LogP contribution in [0.4, 0.5) is 4.79 Å². The highest BCUT2D eigenvalue weighted by Gasteiger charge is 2.24. The Morgan fingerprint density at radius 3 is 3.05 bits per heavy atom. The van der Waals surface area contributed by atoms with Gasteiger partial charge in [-0.05, 0) is 30.2 Å². The summed E-state index contributed by atoms with van der Waals surface area (Å²) in [6.45, 7) is 1.80. The number of carbonyl (C=O) groups excluding carboxylic acids is 1. The first-order valence-corrected chi connectivity index (χ1v) is 7.30. The number of piperidine rings is 1. The molecule has 1 saturated heterocycles. The number of hydrogen-bond acceptors (Lipinski definition) is 3. The highest BCUT2D eigenvalue weighted by molar-refractivity contribution is 7.09. The fourth-order valence-electron chi connectivity index (χ4n) is 2.35. The van der Waals surface area contributed by atoms with E-state index in [1.54, 1.807) is 16.2 Å². The lowest BCUT2D eigenvalue weighted by Gasteiger charge is -2.32. The lowest BCUT2D eigenvalue weighted by atomic mass is 9.95. The molecular weight excluding hydrogens is 264 g/mol. The smallest absolute Gasteiger partial charge is 0.317 e. The average Bonchev–Trinajstić information content (AvgIpc) is 2.88. The van der Waals surface area contributed by atoms with Crippen LogP contribution in [-0.2, 0) is 11.3 Å². The first kappa shape index (κ1) is 13.9. The monoisotopic (exact) mass is 282 g/mol. The van der Waals surface area contributed by atoms with E-state index in [-0.39, 0.29) is 18.4 Å². The Labute approximate surface area is 116 Å². The van der Waals surface area contributed by atoms with Crippen molar-refractivity contribution >= 4 is 23.3 Å². The van der Waals surface area contributed by atoms with Gasteiger partial charge in [-0.2, -0.15) is 0 Å². The van der Waals surface area contributed by atoms with Crippen LogP contribution in [0.3, 0.4) is 0 Å². The molecule has 1 aromatic heterocycles. The molecule has 1 unspecified atom stereocenters. The van der Waals surface area contributed by atoms with E-state index in [4.69, 9.17) is 5.11 Å². The molecule has 0 saturated carbocycles. The molecule has 104 valence electrons. The van der Waals surface area contributed by atoms with Gasteiger partial charge in [-0.15, -0.1) is 11.3 Å². The van der Waals surface area contributed by atoms with Gasteiger partial charge in [-0.25, -0.2) is 4.79 Å². The Hall–Kier alpha value is -1.56. The van der Waals surface area contributed by atoms with Crippen molar-refractivity contribution in [1.82, 2.24) is 10.2 Å². The molecule has 5 nitrogen and oxygen atoms in total. The fraction of sp³-hybridized carbons (Fsp3) is 0.538. The number of likely N-dealkylation sites (tertiary alicyclic amines) is 1. The minimum Gasteiger partial charge on any atom is -0.481 e. The fourth-order valence-corrected chi connectivity index (χ4v) is 3.00. The number of carboxylic acid groups (broad SMARTS) is 1. The Kier molecular flexibility index (Phi) is 4.79. The number of aliphatic carboxylic acids is 1. The Bertz CT molecular complexity index is 433. The predicted molar refractivity (Wildman–Crippen MR) is 73.1 cm³/mol. The van der Waals surface area contributed by atoms with Gasteiger partial charge in [-0.3, -0.25) is 4.79 Å². The van der Waals surface area contributed by atoms with Gasteiger partial charge in [-0.1, -0.05) is 6.07 Å². The number of nitrogens with zero attached hydrogens (tertiary/aromatic N) is 1. The van der Waals surface area contributed by atoms with Crippen LogP contribution in [0.25, 0.3) is 0 Å².